The van der Waals surface area contributed by atoms with Gasteiger partial charge in [0, 0.05) is 11.6 Å². The first kappa shape index (κ1) is 13.7. The van der Waals surface area contributed by atoms with Crippen LogP contribution < -0.4 is 9.47 Å². The van der Waals surface area contributed by atoms with E-state index in [1.807, 2.05) is 42.5 Å². The molecule has 0 N–H and O–H groups in total. The number of rotatable bonds is 4. The molecular formula is C17H14ClNO2. The molecule has 3 rings (SSSR count). The van der Waals surface area contributed by atoms with Crippen LogP contribution in [-0.2, 0) is 6.61 Å². The standard InChI is InChI=1S/C17H14ClNO2/c1-20-13-7-5-12(6-8-13)11-21-16-4-2-3-14-15(18)9-10-19-17(14)16/h2-10H,11H2,1H3. The van der Waals surface area contributed by atoms with Crippen molar-refractivity contribution in [2.24, 2.45) is 0 Å². The number of benzene rings is 2. The molecule has 2 aromatic carbocycles. The average molecular weight is 300 g/mol. The third-order valence-electron chi connectivity index (χ3n) is 3.23. The number of aromatic nitrogens is 1. The first-order chi connectivity index (χ1) is 10.3. The van der Waals surface area contributed by atoms with Gasteiger partial charge in [0.15, 0.2) is 0 Å². The number of hydrogen-bond acceptors (Lipinski definition) is 3. The zero-order valence-electron chi connectivity index (χ0n) is 11.5. The molecule has 3 aromatic rings. The van der Waals surface area contributed by atoms with E-state index in [0.29, 0.717) is 11.6 Å². The second-order valence-electron chi connectivity index (χ2n) is 4.58. The lowest BCUT2D eigenvalue weighted by Gasteiger charge is -2.09. The lowest BCUT2D eigenvalue weighted by molar-refractivity contribution is 0.309. The third-order valence-corrected chi connectivity index (χ3v) is 3.56. The number of fused-ring (bicyclic) bond motifs is 1. The SMILES string of the molecule is COc1ccc(COc2cccc3c(Cl)ccnc23)cc1. The molecule has 21 heavy (non-hydrogen) atoms. The zero-order valence-corrected chi connectivity index (χ0v) is 12.3. The molecule has 0 unspecified atom stereocenters. The molecule has 0 fully saturated rings. The monoisotopic (exact) mass is 299 g/mol. The van der Waals surface area contributed by atoms with Crippen molar-refractivity contribution in [1.82, 2.24) is 4.98 Å². The third kappa shape index (κ3) is 2.93. The molecule has 0 amide bonds. The molecule has 0 aliphatic heterocycles. The number of pyridine rings is 1. The summed E-state index contributed by atoms with van der Waals surface area (Å²) in [4.78, 5) is 4.35. The average Bonchev–Trinajstić information content (AvgIpc) is 2.54. The first-order valence-electron chi connectivity index (χ1n) is 6.57. The lowest BCUT2D eigenvalue weighted by Crippen LogP contribution is -1.97. The van der Waals surface area contributed by atoms with Gasteiger partial charge >= 0.3 is 0 Å². The summed E-state index contributed by atoms with van der Waals surface area (Å²) in [6.45, 7) is 0.470. The summed E-state index contributed by atoms with van der Waals surface area (Å²) in [7, 11) is 1.65. The van der Waals surface area contributed by atoms with Crippen LogP contribution in [-0.4, -0.2) is 12.1 Å². The van der Waals surface area contributed by atoms with Gasteiger partial charge in [-0.1, -0.05) is 35.9 Å². The van der Waals surface area contributed by atoms with E-state index in [2.05, 4.69) is 4.98 Å². The Morgan fingerprint density at radius 2 is 1.86 bits per heavy atom. The summed E-state index contributed by atoms with van der Waals surface area (Å²) in [6.07, 6.45) is 1.69. The van der Waals surface area contributed by atoms with Crippen LogP contribution in [0.25, 0.3) is 10.9 Å². The summed E-state index contributed by atoms with van der Waals surface area (Å²) in [6, 6.07) is 15.3. The van der Waals surface area contributed by atoms with Crippen molar-refractivity contribution in [3.8, 4) is 11.5 Å². The number of ether oxygens (including phenoxy) is 2. The van der Waals surface area contributed by atoms with E-state index in [1.165, 1.54) is 0 Å². The maximum atomic E-state index is 6.17. The van der Waals surface area contributed by atoms with Crippen LogP contribution >= 0.6 is 11.6 Å². The van der Waals surface area contributed by atoms with E-state index >= 15 is 0 Å². The van der Waals surface area contributed by atoms with E-state index in [-0.39, 0.29) is 0 Å². The molecule has 0 aliphatic rings. The molecule has 0 radical (unpaired) electrons. The Bertz CT molecular complexity index is 756. The van der Waals surface area contributed by atoms with E-state index < -0.39 is 0 Å². The highest BCUT2D eigenvalue weighted by atomic mass is 35.5. The Morgan fingerprint density at radius 3 is 2.62 bits per heavy atom. The van der Waals surface area contributed by atoms with Crippen LogP contribution in [0.2, 0.25) is 5.02 Å². The molecule has 106 valence electrons. The van der Waals surface area contributed by atoms with Gasteiger partial charge in [-0.05, 0) is 29.8 Å². The second-order valence-corrected chi connectivity index (χ2v) is 4.99. The minimum absolute atomic E-state index is 0.470. The van der Waals surface area contributed by atoms with Gasteiger partial charge in [-0.15, -0.1) is 0 Å². The Morgan fingerprint density at radius 1 is 1.05 bits per heavy atom. The molecular weight excluding hydrogens is 286 g/mol. The van der Waals surface area contributed by atoms with Gasteiger partial charge in [0.1, 0.15) is 23.6 Å². The molecule has 0 saturated carbocycles. The van der Waals surface area contributed by atoms with Crippen molar-refractivity contribution in [2.45, 2.75) is 6.61 Å². The van der Waals surface area contributed by atoms with Gasteiger partial charge in [0.25, 0.3) is 0 Å². The summed E-state index contributed by atoms with van der Waals surface area (Å²) in [5.41, 5.74) is 1.84. The quantitative estimate of drug-likeness (QED) is 0.712. The van der Waals surface area contributed by atoms with Crippen LogP contribution in [0, 0.1) is 0 Å². The fourth-order valence-electron chi connectivity index (χ4n) is 2.11. The predicted molar refractivity (Wildman–Crippen MR) is 84.1 cm³/mol. The smallest absolute Gasteiger partial charge is 0.146 e. The molecule has 4 heteroatoms. The molecule has 0 bridgehead atoms. The number of hydrogen-bond donors (Lipinski definition) is 0. The Labute approximate surface area is 128 Å². The fraction of sp³-hybridized carbons (Fsp3) is 0.118. The largest absolute Gasteiger partial charge is 0.497 e. The van der Waals surface area contributed by atoms with Crippen molar-refractivity contribution in [3.63, 3.8) is 0 Å². The molecule has 0 aliphatic carbocycles. The zero-order chi connectivity index (χ0) is 14.7. The van der Waals surface area contributed by atoms with Crippen LogP contribution in [0.5, 0.6) is 11.5 Å². The highest BCUT2D eigenvalue weighted by molar-refractivity contribution is 6.35. The molecule has 1 heterocycles. The number of halogens is 1. The normalized spacial score (nSPS) is 10.6. The molecule has 3 nitrogen and oxygen atoms in total. The highest BCUT2D eigenvalue weighted by Crippen LogP contribution is 2.29. The van der Waals surface area contributed by atoms with Crippen molar-refractivity contribution in [3.05, 3.63) is 65.3 Å². The van der Waals surface area contributed by atoms with E-state index in [0.717, 1.165) is 28.0 Å². The van der Waals surface area contributed by atoms with Crippen LogP contribution in [0.3, 0.4) is 0 Å². The number of nitrogens with zero attached hydrogens (tertiary/aromatic N) is 1. The highest BCUT2D eigenvalue weighted by Gasteiger charge is 2.06. The van der Waals surface area contributed by atoms with Crippen LogP contribution in [0.4, 0.5) is 0 Å². The maximum absolute atomic E-state index is 6.17. The molecule has 0 atom stereocenters. The topological polar surface area (TPSA) is 31.4 Å². The number of methoxy groups -OCH3 is 1. The van der Waals surface area contributed by atoms with Crippen molar-refractivity contribution >= 4 is 22.5 Å². The van der Waals surface area contributed by atoms with Gasteiger partial charge < -0.3 is 9.47 Å². The summed E-state index contributed by atoms with van der Waals surface area (Å²) >= 11 is 6.17. The first-order valence-corrected chi connectivity index (χ1v) is 6.94. The summed E-state index contributed by atoms with van der Waals surface area (Å²) < 4.78 is 11.0. The number of para-hydroxylation sites is 1. The van der Waals surface area contributed by atoms with E-state index in [4.69, 9.17) is 21.1 Å². The van der Waals surface area contributed by atoms with Crippen molar-refractivity contribution < 1.29 is 9.47 Å². The minimum atomic E-state index is 0.470. The lowest BCUT2D eigenvalue weighted by atomic mass is 10.2. The predicted octanol–water partition coefficient (Wildman–Crippen LogP) is 4.48. The summed E-state index contributed by atoms with van der Waals surface area (Å²) in [5, 5.41) is 1.57. The van der Waals surface area contributed by atoms with Crippen molar-refractivity contribution in [2.75, 3.05) is 7.11 Å². The molecule has 1 aromatic heterocycles. The van der Waals surface area contributed by atoms with Gasteiger partial charge in [-0.25, -0.2) is 0 Å². The van der Waals surface area contributed by atoms with Crippen molar-refractivity contribution in [1.29, 1.82) is 0 Å². The fourth-order valence-corrected chi connectivity index (χ4v) is 2.32. The maximum Gasteiger partial charge on any atom is 0.146 e. The molecule has 0 saturated heterocycles. The minimum Gasteiger partial charge on any atom is -0.497 e. The second kappa shape index (κ2) is 6.02. The van der Waals surface area contributed by atoms with Gasteiger partial charge in [0.05, 0.1) is 12.1 Å². The Balaban J connectivity index is 1.83. The van der Waals surface area contributed by atoms with Gasteiger partial charge in [0.2, 0.25) is 0 Å². The van der Waals surface area contributed by atoms with Crippen LogP contribution in [0.1, 0.15) is 5.56 Å². The molecule has 0 spiro atoms. The van der Waals surface area contributed by atoms with Gasteiger partial charge in [-0.2, -0.15) is 0 Å². The Kier molecular flexibility index (Phi) is 3.93. The van der Waals surface area contributed by atoms with E-state index in [9.17, 15) is 0 Å². The Hall–Kier alpha value is -2.26. The summed E-state index contributed by atoms with van der Waals surface area (Å²) in [5.74, 6) is 1.56. The van der Waals surface area contributed by atoms with Gasteiger partial charge in [-0.3, -0.25) is 4.98 Å². The van der Waals surface area contributed by atoms with Crippen LogP contribution in [0.15, 0.2) is 54.7 Å². The van der Waals surface area contributed by atoms with E-state index in [1.54, 1.807) is 19.4 Å².